The van der Waals surface area contributed by atoms with Crippen LogP contribution >= 0.6 is 23.2 Å². The number of aryl methyl sites for hydroxylation is 1. The first-order chi connectivity index (χ1) is 20.6. The number of amides is 1. The van der Waals surface area contributed by atoms with Crippen molar-refractivity contribution in [3.05, 3.63) is 92.2 Å². The maximum atomic E-state index is 13.5. The minimum absolute atomic E-state index is 0.101. The molecule has 0 radical (unpaired) electrons. The Morgan fingerprint density at radius 1 is 0.907 bits per heavy atom. The van der Waals surface area contributed by atoms with Crippen LogP contribution in [0.15, 0.2) is 71.1 Å². The number of aliphatic carboxylic acids is 2. The number of allylic oxidation sites excluding steroid dienone is 1. The van der Waals surface area contributed by atoms with Gasteiger partial charge in [-0.3, -0.25) is 15.1 Å². The average molecular weight is 630 g/mol. The molecule has 0 saturated carbocycles. The number of benzene rings is 2. The van der Waals surface area contributed by atoms with Gasteiger partial charge in [-0.2, -0.15) is 0 Å². The van der Waals surface area contributed by atoms with E-state index in [-0.39, 0.29) is 57.2 Å². The zero-order valence-electron chi connectivity index (χ0n) is 23.4. The van der Waals surface area contributed by atoms with E-state index in [1.165, 1.54) is 12.1 Å². The fourth-order valence-corrected chi connectivity index (χ4v) is 6.09. The van der Waals surface area contributed by atoms with Crippen molar-refractivity contribution in [1.29, 1.82) is 5.41 Å². The lowest BCUT2D eigenvalue weighted by Gasteiger charge is -2.36. The van der Waals surface area contributed by atoms with Gasteiger partial charge in [0.15, 0.2) is 5.96 Å². The molecule has 228 valence electrons. The zero-order chi connectivity index (χ0) is 31.1. The van der Waals surface area contributed by atoms with Crippen molar-refractivity contribution in [1.82, 2.24) is 20.4 Å². The van der Waals surface area contributed by atoms with Gasteiger partial charge < -0.3 is 31.5 Å². The van der Waals surface area contributed by atoms with Crippen molar-refractivity contribution < 1.29 is 24.6 Å². The first-order valence-electron chi connectivity index (χ1n) is 13.8. The van der Waals surface area contributed by atoms with Crippen molar-refractivity contribution in [2.24, 2.45) is 5.73 Å². The van der Waals surface area contributed by atoms with Crippen molar-refractivity contribution in [2.45, 2.75) is 25.2 Å². The first-order valence-corrected chi connectivity index (χ1v) is 14.6. The predicted molar refractivity (Wildman–Crippen MR) is 164 cm³/mol. The van der Waals surface area contributed by atoms with Crippen molar-refractivity contribution >= 4 is 47.0 Å². The number of dihydropyridines is 1. The van der Waals surface area contributed by atoms with Crippen LogP contribution in [0.1, 0.15) is 29.9 Å². The molecule has 2 aromatic rings. The molecule has 4 rings (SSSR count). The summed E-state index contributed by atoms with van der Waals surface area (Å²) in [4.78, 5) is 42.9. The van der Waals surface area contributed by atoms with Crippen LogP contribution in [-0.2, 0) is 20.8 Å². The highest BCUT2D eigenvalue weighted by Gasteiger charge is 2.41. The third-order valence-corrected chi connectivity index (χ3v) is 8.24. The number of hydrogen-bond donors (Lipinski definition) is 6. The maximum absolute atomic E-state index is 13.5. The summed E-state index contributed by atoms with van der Waals surface area (Å²) < 4.78 is 0. The summed E-state index contributed by atoms with van der Waals surface area (Å²) in [5.74, 6) is -4.38. The maximum Gasteiger partial charge on any atom is 0.334 e. The number of guanidine groups is 1. The molecule has 0 spiro atoms. The number of carbonyl (C=O) groups is 3. The summed E-state index contributed by atoms with van der Waals surface area (Å²) >= 11 is 13.1. The van der Waals surface area contributed by atoms with E-state index in [1.807, 2.05) is 30.3 Å². The summed E-state index contributed by atoms with van der Waals surface area (Å²) in [6.07, 6.45) is 0.461. The molecule has 1 saturated heterocycles. The summed E-state index contributed by atoms with van der Waals surface area (Å²) in [5.41, 5.74) is 6.43. The Hall–Kier alpha value is -4.06. The molecular weight excluding hydrogens is 595 g/mol. The van der Waals surface area contributed by atoms with Gasteiger partial charge in [-0.05, 0) is 30.5 Å². The molecule has 0 bridgehead atoms. The number of carboxylic acid groups (broad SMARTS) is 2. The molecule has 7 N–H and O–H groups in total. The van der Waals surface area contributed by atoms with Gasteiger partial charge in [0, 0.05) is 66.3 Å². The second kappa shape index (κ2) is 14.4. The van der Waals surface area contributed by atoms with Gasteiger partial charge in [-0.15, -0.1) is 0 Å². The van der Waals surface area contributed by atoms with Crippen LogP contribution in [0.25, 0.3) is 0 Å². The summed E-state index contributed by atoms with van der Waals surface area (Å²) in [6.45, 7) is 3.25. The molecule has 13 heteroatoms. The smallest absolute Gasteiger partial charge is 0.334 e. The molecule has 1 unspecified atom stereocenters. The minimum atomic E-state index is -1.38. The molecule has 2 heterocycles. The van der Waals surface area contributed by atoms with E-state index >= 15 is 0 Å². The Kier molecular flexibility index (Phi) is 10.7. The Balaban J connectivity index is 1.66. The number of carboxylic acids is 2. The fraction of sp³-hybridized carbons (Fsp3) is 0.333. The molecule has 2 aliphatic heterocycles. The highest BCUT2D eigenvalue weighted by molar-refractivity contribution is 6.36. The standard InChI is InChI=1S/C30H34Cl2N6O5/c31-19-7-4-8-20(32)24(19)27-25(28(40)41)21(10-9-18-5-2-1-3-6-18)36-22(26(27)29(42)43)17-23(39)38-15-13-37(14-16-38)12-11-35-30(33)34/h1-8,27,36H,9-17H2,(H,40,41)(H,42,43)(H4,33,34,35). The average Bonchev–Trinajstić information content (AvgIpc) is 2.96. The summed E-state index contributed by atoms with van der Waals surface area (Å²) in [6, 6.07) is 14.2. The molecule has 1 amide bonds. The van der Waals surface area contributed by atoms with E-state index in [2.05, 4.69) is 15.5 Å². The van der Waals surface area contributed by atoms with Crippen molar-refractivity contribution in [3.63, 3.8) is 0 Å². The molecule has 2 aliphatic rings. The lowest BCUT2D eigenvalue weighted by molar-refractivity contribution is -0.133. The van der Waals surface area contributed by atoms with Gasteiger partial charge >= 0.3 is 11.9 Å². The number of piperazine rings is 1. The predicted octanol–water partition coefficient (Wildman–Crippen LogP) is 3.01. The fourth-order valence-electron chi connectivity index (χ4n) is 5.47. The van der Waals surface area contributed by atoms with Gasteiger partial charge in [-0.25, -0.2) is 9.59 Å². The van der Waals surface area contributed by atoms with Gasteiger partial charge in [0.05, 0.1) is 23.5 Å². The number of nitrogens with zero attached hydrogens (tertiary/aromatic N) is 2. The van der Waals surface area contributed by atoms with E-state index in [4.69, 9.17) is 34.3 Å². The molecule has 11 nitrogen and oxygen atoms in total. The van der Waals surface area contributed by atoms with Crippen LogP contribution < -0.4 is 16.4 Å². The summed E-state index contributed by atoms with van der Waals surface area (Å²) in [7, 11) is 0. The number of halogens is 2. The van der Waals surface area contributed by atoms with E-state index < -0.39 is 17.9 Å². The summed E-state index contributed by atoms with van der Waals surface area (Å²) in [5, 5.41) is 34.2. The van der Waals surface area contributed by atoms with Gasteiger partial charge in [-0.1, -0.05) is 59.6 Å². The lowest BCUT2D eigenvalue weighted by atomic mass is 9.78. The Bertz CT molecular complexity index is 1430. The zero-order valence-corrected chi connectivity index (χ0v) is 24.9. The van der Waals surface area contributed by atoms with Gasteiger partial charge in [0.2, 0.25) is 5.91 Å². The Morgan fingerprint density at radius 2 is 1.51 bits per heavy atom. The van der Waals surface area contributed by atoms with E-state index in [0.29, 0.717) is 51.4 Å². The number of nitrogens with two attached hydrogens (primary N) is 1. The lowest BCUT2D eigenvalue weighted by Crippen LogP contribution is -2.50. The van der Waals surface area contributed by atoms with Crippen LogP contribution in [0.5, 0.6) is 0 Å². The van der Waals surface area contributed by atoms with E-state index in [0.717, 1.165) is 5.56 Å². The topological polar surface area (TPSA) is 172 Å². The van der Waals surface area contributed by atoms with Crippen LogP contribution in [0.3, 0.4) is 0 Å². The van der Waals surface area contributed by atoms with Crippen LogP contribution in [-0.4, -0.2) is 83.1 Å². The largest absolute Gasteiger partial charge is 0.478 e. The molecule has 1 atom stereocenters. The molecule has 0 aromatic heterocycles. The number of hydrogen-bond acceptors (Lipinski definition) is 6. The monoisotopic (exact) mass is 628 g/mol. The van der Waals surface area contributed by atoms with Crippen LogP contribution in [0, 0.1) is 5.41 Å². The quantitative estimate of drug-likeness (QED) is 0.161. The van der Waals surface area contributed by atoms with Gasteiger partial charge in [0.25, 0.3) is 0 Å². The third kappa shape index (κ3) is 7.86. The molecular formula is C30H34Cl2N6O5. The first kappa shape index (κ1) is 31.9. The second-order valence-electron chi connectivity index (χ2n) is 10.3. The number of nitrogens with one attached hydrogen (secondary N) is 3. The van der Waals surface area contributed by atoms with Crippen LogP contribution in [0.2, 0.25) is 10.0 Å². The molecule has 0 aliphatic carbocycles. The molecule has 43 heavy (non-hydrogen) atoms. The third-order valence-electron chi connectivity index (χ3n) is 7.58. The SMILES string of the molecule is N=C(N)NCCN1CCN(C(=O)CC2=C(C(=O)O)C(c3c(Cl)cccc3Cl)C(C(=O)O)=C(CCc3ccccc3)N2)CC1. The van der Waals surface area contributed by atoms with E-state index in [1.54, 1.807) is 11.0 Å². The molecule has 2 aromatic carbocycles. The highest BCUT2D eigenvalue weighted by Crippen LogP contribution is 2.45. The highest BCUT2D eigenvalue weighted by atomic mass is 35.5. The van der Waals surface area contributed by atoms with Crippen LogP contribution in [0.4, 0.5) is 0 Å². The van der Waals surface area contributed by atoms with Crippen molar-refractivity contribution in [3.8, 4) is 0 Å². The van der Waals surface area contributed by atoms with Crippen molar-refractivity contribution in [2.75, 3.05) is 39.3 Å². The number of carbonyl (C=O) groups excluding carboxylic acids is 1. The Morgan fingerprint density at radius 3 is 2.09 bits per heavy atom. The number of rotatable bonds is 11. The Labute approximate surface area is 259 Å². The molecule has 1 fully saturated rings. The van der Waals surface area contributed by atoms with E-state index in [9.17, 15) is 24.6 Å². The normalized spacial score (nSPS) is 17.4. The van der Waals surface area contributed by atoms with Gasteiger partial charge in [0.1, 0.15) is 0 Å². The minimum Gasteiger partial charge on any atom is -0.478 e. The second-order valence-corrected chi connectivity index (χ2v) is 11.1.